The minimum atomic E-state index is -0.282. The maximum Gasteiger partial charge on any atom is 0.253 e. The monoisotopic (exact) mass is 535 g/mol. The number of amides is 2. The van der Waals surface area contributed by atoms with Gasteiger partial charge in [0.05, 0.1) is 22.9 Å². The zero-order valence-electron chi connectivity index (χ0n) is 17.9. The van der Waals surface area contributed by atoms with Gasteiger partial charge in [-0.3, -0.25) is 9.59 Å². The molecule has 0 atom stereocenters. The topological polar surface area (TPSA) is 88.9 Å². The number of rotatable bonds is 8. The van der Waals surface area contributed by atoms with Crippen LogP contribution in [0.2, 0.25) is 5.02 Å². The van der Waals surface area contributed by atoms with E-state index in [0.29, 0.717) is 28.1 Å². The molecule has 3 aromatic rings. The molecule has 0 saturated carbocycles. The highest BCUT2D eigenvalue weighted by Gasteiger charge is 2.16. The highest BCUT2D eigenvalue weighted by Crippen LogP contribution is 2.26. The fourth-order valence-electron chi connectivity index (χ4n) is 3.01. The van der Waals surface area contributed by atoms with E-state index in [4.69, 9.17) is 11.6 Å². The van der Waals surface area contributed by atoms with E-state index in [1.165, 1.54) is 11.8 Å². The van der Waals surface area contributed by atoms with Crippen molar-refractivity contribution in [2.75, 3.05) is 11.1 Å². The maximum atomic E-state index is 12.5. The van der Waals surface area contributed by atoms with Crippen molar-refractivity contribution in [3.05, 3.63) is 68.4 Å². The number of aromatic nitrogens is 3. The molecular weight excluding hydrogens is 514 g/mol. The Labute approximate surface area is 204 Å². The second kappa shape index (κ2) is 11.0. The first-order valence-corrected chi connectivity index (χ1v) is 12.1. The third-order valence-electron chi connectivity index (χ3n) is 4.96. The number of anilines is 1. The lowest BCUT2D eigenvalue weighted by molar-refractivity contribution is -0.113. The number of thioether (sulfide) groups is 1. The average molecular weight is 537 g/mol. The Morgan fingerprint density at radius 2 is 1.88 bits per heavy atom. The van der Waals surface area contributed by atoms with Crippen LogP contribution in [0, 0.1) is 13.8 Å². The van der Waals surface area contributed by atoms with Crippen molar-refractivity contribution in [1.82, 2.24) is 20.1 Å². The smallest absolute Gasteiger partial charge is 0.253 e. The molecule has 1 aromatic heterocycles. The van der Waals surface area contributed by atoms with Gasteiger partial charge >= 0.3 is 0 Å². The van der Waals surface area contributed by atoms with Crippen molar-refractivity contribution in [2.45, 2.75) is 39.0 Å². The van der Waals surface area contributed by atoms with Crippen molar-refractivity contribution in [3.63, 3.8) is 0 Å². The molecule has 3 rings (SSSR count). The van der Waals surface area contributed by atoms with Crippen LogP contribution in [0.1, 0.15) is 34.2 Å². The van der Waals surface area contributed by atoms with Crippen LogP contribution in [0.4, 0.5) is 5.69 Å². The molecule has 32 heavy (non-hydrogen) atoms. The van der Waals surface area contributed by atoms with Gasteiger partial charge in [-0.05, 0) is 56.2 Å². The van der Waals surface area contributed by atoms with Crippen molar-refractivity contribution in [3.8, 4) is 0 Å². The number of hydrogen-bond donors (Lipinski definition) is 2. The lowest BCUT2D eigenvalue weighted by Crippen LogP contribution is -2.25. The number of carbonyl (C=O) groups is 2. The summed E-state index contributed by atoms with van der Waals surface area (Å²) in [7, 11) is 0. The first-order chi connectivity index (χ1) is 15.3. The zero-order valence-corrected chi connectivity index (χ0v) is 21.1. The van der Waals surface area contributed by atoms with E-state index in [1.54, 1.807) is 24.3 Å². The molecule has 10 heteroatoms. The number of benzene rings is 2. The van der Waals surface area contributed by atoms with Crippen LogP contribution in [0.5, 0.6) is 0 Å². The van der Waals surface area contributed by atoms with E-state index < -0.39 is 0 Å². The quantitative estimate of drug-likeness (QED) is 0.396. The fourth-order valence-corrected chi connectivity index (χ4v) is 4.49. The molecule has 7 nitrogen and oxygen atoms in total. The Morgan fingerprint density at radius 3 is 2.59 bits per heavy atom. The molecule has 0 aliphatic rings. The van der Waals surface area contributed by atoms with Crippen LogP contribution >= 0.6 is 39.3 Å². The molecule has 0 radical (unpaired) electrons. The SMILES string of the molecule is CCn1c(CNC(=O)c2ccccc2Cl)nnc1SCC(=O)Nc1ccc(Br)c(C)c1C. The third-order valence-corrected chi connectivity index (χ3v) is 7.12. The molecule has 2 aromatic carbocycles. The molecule has 0 spiro atoms. The molecule has 0 bridgehead atoms. The number of carbonyl (C=O) groups excluding carboxylic acids is 2. The van der Waals surface area contributed by atoms with Gasteiger partial charge in [0.1, 0.15) is 0 Å². The van der Waals surface area contributed by atoms with Gasteiger partial charge in [-0.15, -0.1) is 10.2 Å². The van der Waals surface area contributed by atoms with Crippen molar-refractivity contribution < 1.29 is 9.59 Å². The number of hydrogen-bond acceptors (Lipinski definition) is 5. The molecule has 1 heterocycles. The summed E-state index contributed by atoms with van der Waals surface area (Å²) in [5.41, 5.74) is 3.30. The number of nitrogens with one attached hydrogen (secondary N) is 2. The highest BCUT2D eigenvalue weighted by molar-refractivity contribution is 9.10. The van der Waals surface area contributed by atoms with Crippen LogP contribution < -0.4 is 10.6 Å². The maximum absolute atomic E-state index is 12.5. The summed E-state index contributed by atoms with van der Waals surface area (Å²) in [5.74, 6) is 0.391. The van der Waals surface area contributed by atoms with Crippen LogP contribution in [0.3, 0.4) is 0 Å². The van der Waals surface area contributed by atoms with E-state index in [2.05, 4.69) is 36.8 Å². The van der Waals surface area contributed by atoms with Gasteiger partial charge in [0, 0.05) is 16.7 Å². The molecule has 2 amide bonds. The second-order valence-electron chi connectivity index (χ2n) is 6.99. The Morgan fingerprint density at radius 1 is 1.12 bits per heavy atom. The first kappa shape index (κ1) is 24.3. The largest absolute Gasteiger partial charge is 0.345 e. The standard InChI is InChI=1S/C22H23BrClN5O2S/c1-4-29-19(11-25-21(31)15-7-5-6-8-17(15)24)27-28-22(29)32-12-20(30)26-18-10-9-16(23)13(2)14(18)3/h5-10H,4,11-12H2,1-3H3,(H,25,31)(H,26,30). The Kier molecular flexibility index (Phi) is 8.33. The minimum absolute atomic E-state index is 0.126. The molecule has 0 saturated heterocycles. The van der Waals surface area contributed by atoms with Gasteiger partial charge in [-0.25, -0.2) is 0 Å². The van der Waals surface area contributed by atoms with E-state index in [9.17, 15) is 9.59 Å². The van der Waals surface area contributed by atoms with Crippen LogP contribution in [0.15, 0.2) is 46.0 Å². The third kappa shape index (κ3) is 5.70. The van der Waals surface area contributed by atoms with E-state index >= 15 is 0 Å². The number of nitrogens with zero attached hydrogens (tertiary/aromatic N) is 3. The lowest BCUT2D eigenvalue weighted by atomic mass is 10.1. The molecule has 168 valence electrons. The van der Waals surface area contributed by atoms with Gasteiger partial charge in [0.15, 0.2) is 11.0 Å². The summed E-state index contributed by atoms with van der Waals surface area (Å²) in [5, 5.41) is 15.1. The summed E-state index contributed by atoms with van der Waals surface area (Å²) in [6.45, 7) is 6.74. The first-order valence-electron chi connectivity index (χ1n) is 9.95. The summed E-state index contributed by atoms with van der Waals surface area (Å²) in [6.07, 6.45) is 0. The molecule has 2 N–H and O–H groups in total. The Balaban J connectivity index is 1.60. The Hall–Kier alpha value is -2.36. The molecule has 0 fully saturated rings. The average Bonchev–Trinajstić information content (AvgIpc) is 3.18. The van der Waals surface area contributed by atoms with Gasteiger partial charge in [0.25, 0.3) is 5.91 Å². The predicted octanol–water partition coefficient (Wildman–Crippen LogP) is 4.99. The van der Waals surface area contributed by atoms with Crippen LogP contribution in [-0.4, -0.2) is 32.3 Å². The second-order valence-corrected chi connectivity index (χ2v) is 9.19. The highest BCUT2D eigenvalue weighted by atomic mass is 79.9. The van der Waals surface area contributed by atoms with Crippen molar-refractivity contribution >= 4 is 56.8 Å². The van der Waals surface area contributed by atoms with Gasteiger partial charge in [-0.1, -0.05) is 51.4 Å². The van der Waals surface area contributed by atoms with Crippen LogP contribution in [0.25, 0.3) is 0 Å². The van der Waals surface area contributed by atoms with Crippen LogP contribution in [-0.2, 0) is 17.9 Å². The lowest BCUT2D eigenvalue weighted by Gasteiger charge is -2.12. The molecule has 0 unspecified atom stereocenters. The van der Waals surface area contributed by atoms with Gasteiger partial charge in [-0.2, -0.15) is 0 Å². The summed E-state index contributed by atoms with van der Waals surface area (Å²) >= 11 is 10.9. The zero-order chi connectivity index (χ0) is 23.3. The Bertz CT molecular complexity index is 1150. The van der Waals surface area contributed by atoms with E-state index in [1.807, 2.05) is 37.5 Å². The summed E-state index contributed by atoms with van der Waals surface area (Å²) < 4.78 is 2.88. The fraction of sp³-hybridized carbons (Fsp3) is 0.273. The van der Waals surface area contributed by atoms with E-state index in [0.717, 1.165) is 21.3 Å². The van der Waals surface area contributed by atoms with Gasteiger partial charge < -0.3 is 15.2 Å². The summed E-state index contributed by atoms with van der Waals surface area (Å²) in [4.78, 5) is 24.9. The van der Waals surface area contributed by atoms with Crippen molar-refractivity contribution in [1.29, 1.82) is 0 Å². The van der Waals surface area contributed by atoms with E-state index in [-0.39, 0.29) is 24.1 Å². The van der Waals surface area contributed by atoms with Gasteiger partial charge in [0.2, 0.25) is 5.91 Å². The predicted molar refractivity (Wildman–Crippen MR) is 131 cm³/mol. The van der Waals surface area contributed by atoms with Crippen molar-refractivity contribution in [2.24, 2.45) is 0 Å². The molecule has 0 aliphatic heterocycles. The number of halogens is 2. The molecule has 0 aliphatic carbocycles. The summed E-state index contributed by atoms with van der Waals surface area (Å²) in [6, 6.07) is 10.7. The normalized spacial score (nSPS) is 10.8. The minimum Gasteiger partial charge on any atom is -0.345 e. The molecular formula is C22H23BrClN5O2S.